The Labute approximate surface area is 98.1 Å². The predicted octanol–water partition coefficient (Wildman–Crippen LogP) is 4.98. The van der Waals surface area contributed by atoms with Crippen molar-refractivity contribution in [2.75, 3.05) is 0 Å². The minimum atomic E-state index is -4.30. The summed E-state index contributed by atoms with van der Waals surface area (Å²) in [5, 5.41) is 0.975. The molecule has 0 N–H and O–H groups in total. The van der Waals surface area contributed by atoms with E-state index in [-0.39, 0.29) is 11.3 Å². The molecule has 2 aromatic rings. The molecule has 0 spiro atoms. The highest BCUT2D eigenvalue weighted by molar-refractivity contribution is 5.89. The normalized spacial score (nSPS) is 12.4. The van der Waals surface area contributed by atoms with Gasteiger partial charge in [0.2, 0.25) is 0 Å². The van der Waals surface area contributed by atoms with E-state index in [1.807, 2.05) is 19.9 Å². The SMILES string of the molecule is CC(C)c1cccc2c(C(F)(F)F)cccc12. The number of alkyl halides is 3. The van der Waals surface area contributed by atoms with Crippen molar-refractivity contribution >= 4 is 10.8 Å². The lowest BCUT2D eigenvalue weighted by molar-refractivity contribution is -0.136. The van der Waals surface area contributed by atoms with Crippen molar-refractivity contribution < 1.29 is 13.2 Å². The number of halogens is 3. The fourth-order valence-electron chi connectivity index (χ4n) is 2.08. The highest BCUT2D eigenvalue weighted by atomic mass is 19.4. The van der Waals surface area contributed by atoms with E-state index >= 15 is 0 Å². The van der Waals surface area contributed by atoms with Crippen molar-refractivity contribution in [3.05, 3.63) is 47.5 Å². The maximum absolute atomic E-state index is 12.9. The molecule has 0 saturated heterocycles. The van der Waals surface area contributed by atoms with Crippen LogP contribution in [0, 0.1) is 0 Å². The smallest absolute Gasteiger partial charge is 0.166 e. The van der Waals surface area contributed by atoms with E-state index in [1.165, 1.54) is 12.1 Å². The second-order valence-corrected chi connectivity index (χ2v) is 4.40. The van der Waals surface area contributed by atoms with Crippen molar-refractivity contribution in [3.63, 3.8) is 0 Å². The first-order chi connectivity index (χ1) is 7.91. The standard InChI is InChI=1S/C14H13F3/c1-9(2)10-5-3-7-12-11(10)6-4-8-13(12)14(15,16)17/h3-9H,1-2H3. The fraction of sp³-hybridized carbons (Fsp3) is 0.286. The summed E-state index contributed by atoms with van der Waals surface area (Å²) in [6.45, 7) is 3.96. The first kappa shape index (κ1) is 12.0. The summed E-state index contributed by atoms with van der Waals surface area (Å²) in [6, 6.07) is 9.45. The maximum atomic E-state index is 12.9. The Kier molecular flexibility index (Phi) is 2.86. The predicted molar refractivity (Wildman–Crippen MR) is 63.0 cm³/mol. The Balaban J connectivity index is 2.79. The van der Waals surface area contributed by atoms with Gasteiger partial charge >= 0.3 is 6.18 Å². The molecule has 0 radical (unpaired) electrons. The van der Waals surface area contributed by atoms with Gasteiger partial charge in [0.25, 0.3) is 0 Å². The minimum absolute atomic E-state index is 0.210. The number of hydrogen-bond donors (Lipinski definition) is 0. The Morgan fingerprint density at radius 1 is 0.882 bits per heavy atom. The molecule has 0 aliphatic rings. The second kappa shape index (κ2) is 4.06. The average molecular weight is 238 g/mol. The number of hydrogen-bond acceptors (Lipinski definition) is 0. The molecular weight excluding hydrogens is 225 g/mol. The number of benzene rings is 2. The zero-order valence-electron chi connectivity index (χ0n) is 9.68. The molecule has 0 saturated carbocycles. The molecule has 0 nitrogen and oxygen atoms in total. The molecule has 0 amide bonds. The molecule has 3 heteroatoms. The molecule has 2 rings (SSSR count). The summed E-state index contributed by atoms with van der Waals surface area (Å²) in [4.78, 5) is 0. The van der Waals surface area contributed by atoms with Crippen LogP contribution in [0.4, 0.5) is 13.2 Å². The molecular formula is C14H13F3. The Morgan fingerprint density at radius 2 is 1.47 bits per heavy atom. The van der Waals surface area contributed by atoms with Crippen LogP contribution in [0.25, 0.3) is 10.8 Å². The monoisotopic (exact) mass is 238 g/mol. The highest BCUT2D eigenvalue weighted by Crippen LogP contribution is 2.36. The molecule has 0 bridgehead atoms. The van der Waals surface area contributed by atoms with Crippen LogP contribution >= 0.6 is 0 Å². The minimum Gasteiger partial charge on any atom is -0.166 e. The molecule has 0 aromatic heterocycles. The molecule has 0 unspecified atom stereocenters. The van der Waals surface area contributed by atoms with E-state index in [0.29, 0.717) is 5.39 Å². The Bertz CT molecular complexity index is 539. The zero-order valence-corrected chi connectivity index (χ0v) is 9.68. The summed E-state index contributed by atoms with van der Waals surface area (Å²) in [5.74, 6) is 0.210. The van der Waals surface area contributed by atoms with E-state index in [0.717, 1.165) is 11.6 Å². The van der Waals surface area contributed by atoms with Gasteiger partial charge in [0.1, 0.15) is 0 Å². The topological polar surface area (TPSA) is 0 Å². The van der Waals surface area contributed by atoms with Gasteiger partial charge in [-0.05, 0) is 28.3 Å². The van der Waals surface area contributed by atoms with Gasteiger partial charge in [0, 0.05) is 0 Å². The van der Waals surface area contributed by atoms with E-state index < -0.39 is 11.7 Å². The van der Waals surface area contributed by atoms with E-state index in [4.69, 9.17) is 0 Å². The third-order valence-corrected chi connectivity index (χ3v) is 2.88. The molecule has 0 atom stereocenters. The molecule has 0 aliphatic heterocycles. The number of rotatable bonds is 1. The van der Waals surface area contributed by atoms with Crippen LogP contribution in [-0.4, -0.2) is 0 Å². The van der Waals surface area contributed by atoms with Crippen molar-refractivity contribution in [1.82, 2.24) is 0 Å². The average Bonchev–Trinajstić information content (AvgIpc) is 2.26. The first-order valence-corrected chi connectivity index (χ1v) is 5.50. The lowest BCUT2D eigenvalue weighted by Crippen LogP contribution is -2.06. The van der Waals surface area contributed by atoms with Gasteiger partial charge in [0.15, 0.2) is 0 Å². The van der Waals surface area contributed by atoms with Crippen LogP contribution < -0.4 is 0 Å². The van der Waals surface area contributed by atoms with Crippen molar-refractivity contribution in [3.8, 4) is 0 Å². The van der Waals surface area contributed by atoms with Crippen LogP contribution in [0.2, 0.25) is 0 Å². The summed E-state index contributed by atoms with van der Waals surface area (Å²) in [7, 11) is 0. The third kappa shape index (κ3) is 2.14. The zero-order chi connectivity index (χ0) is 12.6. The largest absolute Gasteiger partial charge is 0.417 e. The molecule has 2 aromatic carbocycles. The Morgan fingerprint density at radius 3 is 2.06 bits per heavy atom. The van der Waals surface area contributed by atoms with E-state index in [1.54, 1.807) is 12.1 Å². The van der Waals surface area contributed by atoms with Gasteiger partial charge < -0.3 is 0 Å². The molecule has 0 aliphatic carbocycles. The number of fused-ring (bicyclic) bond motifs is 1. The summed E-state index contributed by atoms with van der Waals surface area (Å²) < 4.78 is 38.6. The van der Waals surface area contributed by atoms with Gasteiger partial charge in [-0.1, -0.05) is 44.2 Å². The summed E-state index contributed by atoms with van der Waals surface area (Å²) >= 11 is 0. The summed E-state index contributed by atoms with van der Waals surface area (Å²) in [6.07, 6.45) is -4.30. The van der Waals surface area contributed by atoms with Crippen LogP contribution in [0.1, 0.15) is 30.9 Å². The van der Waals surface area contributed by atoms with Crippen LogP contribution in [-0.2, 0) is 6.18 Å². The summed E-state index contributed by atoms with van der Waals surface area (Å²) in [5.41, 5.74) is 0.395. The maximum Gasteiger partial charge on any atom is 0.417 e. The molecule has 90 valence electrons. The van der Waals surface area contributed by atoms with Gasteiger partial charge in [-0.15, -0.1) is 0 Å². The molecule has 0 fully saturated rings. The van der Waals surface area contributed by atoms with Gasteiger partial charge in [0.05, 0.1) is 5.56 Å². The molecule has 0 heterocycles. The van der Waals surface area contributed by atoms with E-state index in [2.05, 4.69) is 0 Å². The van der Waals surface area contributed by atoms with Gasteiger partial charge in [-0.3, -0.25) is 0 Å². The highest BCUT2D eigenvalue weighted by Gasteiger charge is 2.32. The Hall–Kier alpha value is -1.51. The van der Waals surface area contributed by atoms with Crippen molar-refractivity contribution in [1.29, 1.82) is 0 Å². The second-order valence-electron chi connectivity index (χ2n) is 4.40. The van der Waals surface area contributed by atoms with Crippen LogP contribution in [0.5, 0.6) is 0 Å². The van der Waals surface area contributed by atoms with E-state index in [9.17, 15) is 13.2 Å². The van der Waals surface area contributed by atoms with Crippen LogP contribution in [0.15, 0.2) is 36.4 Å². The quantitative estimate of drug-likeness (QED) is 0.657. The van der Waals surface area contributed by atoms with Crippen molar-refractivity contribution in [2.24, 2.45) is 0 Å². The van der Waals surface area contributed by atoms with Gasteiger partial charge in [-0.25, -0.2) is 0 Å². The third-order valence-electron chi connectivity index (χ3n) is 2.88. The fourth-order valence-corrected chi connectivity index (χ4v) is 2.08. The van der Waals surface area contributed by atoms with Gasteiger partial charge in [-0.2, -0.15) is 13.2 Å². The van der Waals surface area contributed by atoms with Crippen LogP contribution in [0.3, 0.4) is 0 Å². The lowest BCUT2D eigenvalue weighted by Gasteiger charge is -2.14. The first-order valence-electron chi connectivity index (χ1n) is 5.50. The lowest BCUT2D eigenvalue weighted by atomic mass is 9.94. The molecule has 17 heavy (non-hydrogen) atoms. The van der Waals surface area contributed by atoms with Crippen molar-refractivity contribution in [2.45, 2.75) is 25.9 Å².